The molecule has 2 heterocycles. The van der Waals surface area contributed by atoms with E-state index >= 15 is 0 Å². The van der Waals surface area contributed by atoms with E-state index < -0.39 is 6.10 Å². The van der Waals surface area contributed by atoms with E-state index in [1.165, 1.54) is 6.42 Å². The van der Waals surface area contributed by atoms with Gasteiger partial charge in [-0.2, -0.15) is 0 Å². The van der Waals surface area contributed by atoms with Crippen LogP contribution in [0.1, 0.15) is 31.2 Å². The molecule has 0 unspecified atom stereocenters. The molecule has 1 aliphatic heterocycles. The summed E-state index contributed by atoms with van der Waals surface area (Å²) in [7, 11) is 1.70. The monoisotopic (exact) mass is 441 g/mol. The molecule has 1 aromatic carbocycles. The van der Waals surface area contributed by atoms with E-state index in [0.29, 0.717) is 19.7 Å². The van der Waals surface area contributed by atoms with Crippen LogP contribution >= 0.6 is 0 Å². The topological polar surface area (TPSA) is 71.2 Å². The average Bonchev–Trinajstić information content (AvgIpc) is 3.24. The number of aromatic nitrogens is 1. The number of terminal acetylenes is 1. The van der Waals surface area contributed by atoms with Gasteiger partial charge in [0.05, 0.1) is 18.3 Å². The summed E-state index contributed by atoms with van der Waals surface area (Å²) >= 11 is 0. The van der Waals surface area contributed by atoms with Crippen molar-refractivity contribution < 1.29 is 19.1 Å². The summed E-state index contributed by atoms with van der Waals surface area (Å²) in [5, 5.41) is 15.0. The van der Waals surface area contributed by atoms with Crippen molar-refractivity contribution >= 4 is 5.88 Å². The van der Waals surface area contributed by atoms with Crippen LogP contribution in [0.2, 0.25) is 0 Å². The Morgan fingerprint density at radius 2 is 2.03 bits per heavy atom. The molecule has 2 aromatic rings. The van der Waals surface area contributed by atoms with Gasteiger partial charge in [0, 0.05) is 52.0 Å². The lowest BCUT2D eigenvalue weighted by atomic mass is 10.1. The first-order valence-corrected chi connectivity index (χ1v) is 11.4. The van der Waals surface area contributed by atoms with Gasteiger partial charge >= 0.3 is 0 Å². The molecule has 1 fully saturated rings. The number of hydrogen-bond donors (Lipinski definition) is 1. The van der Waals surface area contributed by atoms with E-state index in [1.807, 2.05) is 18.2 Å². The smallest absolute Gasteiger partial charge is 0.232 e. The minimum absolute atomic E-state index is 0.198. The second-order valence-corrected chi connectivity index (χ2v) is 8.18. The number of aliphatic hydroxyl groups excluding tert-OH is 1. The summed E-state index contributed by atoms with van der Waals surface area (Å²) in [5.41, 5.74) is 2.96. The lowest BCUT2D eigenvalue weighted by Gasteiger charge is -2.29. The van der Waals surface area contributed by atoms with Crippen molar-refractivity contribution in [3.63, 3.8) is 0 Å². The SMILES string of the molecule is C#CCOC[C@@H](O)CN(CCCOC)Cc1c(-c2ccccc2)noc1N1CCCCC1. The molecule has 1 saturated heterocycles. The number of aliphatic hydroxyl groups is 1. The van der Waals surface area contributed by atoms with Crippen LogP contribution in [0.25, 0.3) is 11.3 Å². The molecule has 7 heteroatoms. The summed E-state index contributed by atoms with van der Waals surface area (Å²) in [4.78, 5) is 4.52. The van der Waals surface area contributed by atoms with Crippen molar-refractivity contribution in [3.05, 3.63) is 35.9 Å². The molecule has 7 nitrogen and oxygen atoms in total. The minimum Gasteiger partial charge on any atom is -0.389 e. The fraction of sp³-hybridized carbons (Fsp3) is 0.560. The normalized spacial score (nSPS) is 15.1. The van der Waals surface area contributed by atoms with Crippen molar-refractivity contribution in [1.29, 1.82) is 0 Å². The van der Waals surface area contributed by atoms with Gasteiger partial charge in [0.25, 0.3) is 0 Å². The molecule has 3 rings (SSSR count). The molecular formula is C25H35N3O4. The Morgan fingerprint density at radius 3 is 2.75 bits per heavy atom. The van der Waals surface area contributed by atoms with Crippen LogP contribution in [-0.2, 0) is 16.0 Å². The predicted octanol–water partition coefficient (Wildman–Crippen LogP) is 3.18. The van der Waals surface area contributed by atoms with Crippen LogP contribution in [0, 0.1) is 12.3 Å². The Kier molecular flexibility index (Phi) is 10.0. The van der Waals surface area contributed by atoms with Crippen molar-refractivity contribution in [2.75, 3.05) is 58.0 Å². The lowest BCUT2D eigenvalue weighted by molar-refractivity contribution is 0.0244. The Morgan fingerprint density at radius 1 is 1.25 bits per heavy atom. The van der Waals surface area contributed by atoms with Gasteiger partial charge in [-0.3, -0.25) is 4.90 Å². The molecular weight excluding hydrogens is 406 g/mol. The number of rotatable bonds is 13. The molecule has 1 N–H and O–H groups in total. The zero-order valence-electron chi connectivity index (χ0n) is 19.0. The van der Waals surface area contributed by atoms with E-state index in [1.54, 1.807) is 7.11 Å². The first-order chi connectivity index (χ1) is 15.7. The molecule has 0 radical (unpaired) electrons. The van der Waals surface area contributed by atoms with Gasteiger partial charge in [-0.05, 0) is 25.7 Å². The van der Waals surface area contributed by atoms with Crippen molar-refractivity contribution in [3.8, 4) is 23.6 Å². The van der Waals surface area contributed by atoms with E-state index in [2.05, 4.69) is 33.0 Å². The number of hydrogen-bond acceptors (Lipinski definition) is 7. The summed E-state index contributed by atoms with van der Waals surface area (Å²) in [6.07, 6.45) is 9.03. The summed E-state index contributed by atoms with van der Waals surface area (Å²) in [5.74, 6) is 3.28. The van der Waals surface area contributed by atoms with Crippen LogP contribution in [0.15, 0.2) is 34.9 Å². The van der Waals surface area contributed by atoms with E-state index in [0.717, 1.165) is 61.6 Å². The highest BCUT2D eigenvalue weighted by molar-refractivity contribution is 5.68. The number of nitrogens with zero attached hydrogens (tertiary/aromatic N) is 3. The highest BCUT2D eigenvalue weighted by Crippen LogP contribution is 2.33. The predicted molar refractivity (Wildman–Crippen MR) is 125 cm³/mol. The maximum atomic E-state index is 10.5. The van der Waals surface area contributed by atoms with Gasteiger partial charge in [0.15, 0.2) is 0 Å². The van der Waals surface area contributed by atoms with Crippen molar-refractivity contribution in [1.82, 2.24) is 10.1 Å². The molecule has 0 amide bonds. The zero-order chi connectivity index (χ0) is 22.6. The Balaban J connectivity index is 1.83. The second kappa shape index (κ2) is 13.2. The number of ether oxygens (including phenoxy) is 2. The molecule has 0 bridgehead atoms. The third-order valence-corrected chi connectivity index (χ3v) is 5.63. The van der Waals surface area contributed by atoms with Crippen molar-refractivity contribution in [2.45, 2.75) is 38.3 Å². The summed E-state index contributed by atoms with van der Waals surface area (Å²) in [6, 6.07) is 10.1. The fourth-order valence-corrected chi connectivity index (χ4v) is 4.11. The van der Waals surface area contributed by atoms with E-state index in [4.69, 9.17) is 20.4 Å². The van der Waals surface area contributed by atoms with Crippen LogP contribution in [0.4, 0.5) is 5.88 Å². The molecule has 1 atom stereocenters. The summed E-state index contributed by atoms with van der Waals surface area (Å²) < 4.78 is 16.5. The average molecular weight is 442 g/mol. The third-order valence-electron chi connectivity index (χ3n) is 5.63. The highest BCUT2D eigenvalue weighted by atomic mass is 16.5. The zero-order valence-corrected chi connectivity index (χ0v) is 19.0. The molecule has 1 aliphatic rings. The standard InChI is InChI=1S/C25H35N3O4/c1-3-16-31-20-22(29)18-27(13-10-17-30-2)19-23-24(21-11-6-4-7-12-21)26-32-25(23)28-14-8-5-9-15-28/h1,4,6-7,11-12,22,29H,5,8-10,13-20H2,2H3/t22-/m0/s1. The molecule has 174 valence electrons. The Bertz CT molecular complexity index is 827. The molecule has 0 aliphatic carbocycles. The van der Waals surface area contributed by atoms with Gasteiger partial charge in [0.1, 0.15) is 12.3 Å². The van der Waals surface area contributed by atoms with Crippen LogP contribution in [0.5, 0.6) is 0 Å². The lowest BCUT2D eigenvalue weighted by Crippen LogP contribution is -2.36. The van der Waals surface area contributed by atoms with E-state index in [9.17, 15) is 5.11 Å². The van der Waals surface area contributed by atoms with Crippen molar-refractivity contribution in [2.24, 2.45) is 0 Å². The largest absolute Gasteiger partial charge is 0.389 e. The minimum atomic E-state index is -0.635. The van der Waals surface area contributed by atoms with Gasteiger partial charge in [-0.25, -0.2) is 0 Å². The number of piperidine rings is 1. The Hall–Kier alpha value is -2.37. The maximum Gasteiger partial charge on any atom is 0.232 e. The summed E-state index contributed by atoms with van der Waals surface area (Å²) in [6.45, 7) is 4.88. The van der Waals surface area contributed by atoms with Gasteiger partial charge in [-0.1, -0.05) is 41.4 Å². The molecule has 0 spiro atoms. The number of methoxy groups -OCH3 is 1. The van der Waals surface area contributed by atoms with E-state index in [-0.39, 0.29) is 13.2 Å². The van der Waals surface area contributed by atoms with Gasteiger partial charge in [0.2, 0.25) is 5.88 Å². The van der Waals surface area contributed by atoms with Crippen LogP contribution in [0.3, 0.4) is 0 Å². The number of benzene rings is 1. The highest BCUT2D eigenvalue weighted by Gasteiger charge is 2.26. The molecule has 32 heavy (non-hydrogen) atoms. The van der Waals surface area contributed by atoms with Gasteiger partial charge in [-0.15, -0.1) is 6.42 Å². The maximum absolute atomic E-state index is 10.5. The Labute approximate surface area is 191 Å². The first-order valence-electron chi connectivity index (χ1n) is 11.4. The molecule has 0 saturated carbocycles. The van der Waals surface area contributed by atoms with Gasteiger partial charge < -0.3 is 24.0 Å². The fourth-order valence-electron chi connectivity index (χ4n) is 4.11. The van der Waals surface area contributed by atoms with Crippen LogP contribution in [-0.4, -0.2) is 74.4 Å². The second-order valence-electron chi connectivity index (χ2n) is 8.18. The molecule has 1 aromatic heterocycles. The quantitative estimate of drug-likeness (QED) is 0.378. The first kappa shape index (κ1) is 24.3. The van der Waals surface area contributed by atoms with Crippen LogP contribution < -0.4 is 4.90 Å². The third kappa shape index (κ3) is 7.07. The number of anilines is 1.